The van der Waals surface area contributed by atoms with Crippen LogP contribution in [0.4, 0.5) is 0 Å². The van der Waals surface area contributed by atoms with Crippen molar-refractivity contribution in [1.29, 1.82) is 0 Å². The topological polar surface area (TPSA) is 67.6 Å². The number of hydrogen-bond acceptors (Lipinski definition) is 4. The molecule has 25 heavy (non-hydrogen) atoms. The monoisotopic (exact) mass is 458 g/mol. The highest BCUT2D eigenvalue weighted by Crippen LogP contribution is 2.12. The molecule has 8 heteroatoms. The Kier molecular flexibility index (Phi) is 9.25. The van der Waals surface area contributed by atoms with E-state index < -0.39 is 0 Å². The van der Waals surface area contributed by atoms with E-state index >= 15 is 0 Å². The lowest BCUT2D eigenvalue weighted by molar-refractivity contribution is 0.414. The molecule has 0 atom stereocenters. The zero-order valence-corrected chi connectivity index (χ0v) is 17.6. The summed E-state index contributed by atoms with van der Waals surface area (Å²) in [5, 5.41) is 11.4. The fourth-order valence-electron chi connectivity index (χ4n) is 2.49. The first-order valence-corrected chi connectivity index (χ1v) is 8.09. The second-order valence-corrected chi connectivity index (χ2v) is 5.47. The van der Waals surface area contributed by atoms with E-state index in [2.05, 4.69) is 49.0 Å². The molecule has 0 aliphatic carbocycles. The van der Waals surface area contributed by atoms with Crippen LogP contribution in [0.3, 0.4) is 0 Å². The van der Waals surface area contributed by atoms with Crippen molar-refractivity contribution < 1.29 is 4.74 Å². The van der Waals surface area contributed by atoms with Gasteiger partial charge in [-0.2, -0.15) is 0 Å². The average molecular weight is 458 g/mol. The molecule has 0 saturated carbocycles. The molecule has 0 fully saturated rings. The third kappa shape index (κ3) is 6.18. The molecule has 1 heterocycles. The Hall–Kier alpha value is -1.84. The molecule has 0 unspecified atom stereocenters. The minimum atomic E-state index is 0. The lowest BCUT2D eigenvalue weighted by atomic mass is 10.2. The van der Waals surface area contributed by atoms with Crippen molar-refractivity contribution in [1.82, 2.24) is 25.0 Å². The van der Waals surface area contributed by atoms with Gasteiger partial charge in [-0.3, -0.25) is 4.99 Å². The average Bonchev–Trinajstić information content (AvgIpc) is 3.06. The van der Waals surface area contributed by atoms with Crippen LogP contribution in [0.5, 0.6) is 5.75 Å². The van der Waals surface area contributed by atoms with Crippen molar-refractivity contribution in [3.05, 3.63) is 42.0 Å². The van der Waals surface area contributed by atoms with Gasteiger partial charge in [-0.05, 0) is 17.7 Å². The number of nitrogens with zero attached hydrogens (tertiary/aromatic N) is 5. The molecule has 2 aromatic rings. The first kappa shape index (κ1) is 21.2. The molecule has 1 aromatic heterocycles. The van der Waals surface area contributed by atoms with Crippen LogP contribution in [0, 0.1) is 0 Å². The maximum Gasteiger partial charge on any atom is 0.193 e. The number of methoxy groups -OCH3 is 1. The number of aromatic nitrogens is 3. The standard InChI is InChI=1S/C17H26N6O.HI/c1-5-16-21-20-13-23(16)11-10-19-17(18-2)22(3)12-14-6-8-15(24-4)9-7-14;/h6-9,13H,5,10-12H2,1-4H3,(H,18,19);1H. The summed E-state index contributed by atoms with van der Waals surface area (Å²) < 4.78 is 7.25. The number of halogens is 1. The lowest BCUT2D eigenvalue weighted by Gasteiger charge is -2.22. The Morgan fingerprint density at radius 2 is 2.04 bits per heavy atom. The van der Waals surface area contributed by atoms with Gasteiger partial charge in [0.2, 0.25) is 0 Å². The van der Waals surface area contributed by atoms with Gasteiger partial charge in [0, 0.05) is 40.2 Å². The van der Waals surface area contributed by atoms with Crippen molar-refractivity contribution in [2.45, 2.75) is 26.4 Å². The van der Waals surface area contributed by atoms with E-state index in [9.17, 15) is 0 Å². The molecule has 0 bridgehead atoms. The van der Waals surface area contributed by atoms with Crippen molar-refractivity contribution in [3.63, 3.8) is 0 Å². The molecular weight excluding hydrogens is 431 g/mol. The zero-order valence-electron chi connectivity index (χ0n) is 15.3. The number of hydrogen-bond donors (Lipinski definition) is 1. The highest BCUT2D eigenvalue weighted by molar-refractivity contribution is 14.0. The minimum absolute atomic E-state index is 0. The summed E-state index contributed by atoms with van der Waals surface area (Å²) in [5.41, 5.74) is 1.20. The summed E-state index contributed by atoms with van der Waals surface area (Å²) in [6.07, 6.45) is 2.65. The number of guanidine groups is 1. The second-order valence-electron chi connectivity index (χ2n) is 5.47. The quantitative estimate of drug-likeness (QED) is 0.392. The van der Waals surface area contributed by atoms with Crippen LogP contribution in [-0.2, 0) is 19.5 Å². The van der Waals surface area contributed by atoms with Gasteiger partial charge in [0.1, 0.15) is 17.9 Å². The molecule has 1 aromatic carbocycles. The normalized spacial score (nSPS) is 11.0. The zero-order chi connectivity index (χ0) is 17.4. The molecule has 138 valence electrons. The number of benzene rings is 1. The van der Waals surface area contributed by atoms with Crippen LogP contribution in [-0.4, -0.2) is 53.4 Å². The number of nitrogens with one attached hydrogen (secondary N) is 1. The minimum Gasteiger partial charge on any atom is -0.497 e. The summed E-state index contributed by atoms with van der Waals surface area (Å²) in [4.78, 5) is 6.44. The molecule has 0 aliphatic heterocycles. The predicted molar refractivity (Wildman–Crippen MR) is 111 cm³/mol. The molecule has 7 nitrogen and oxygen atoms in total. The number of ether oxygens (including phenoxy) is 1. The molecule has 1 N–H and O–H groups in total. The van der Waals surface area contributed by atoms with Crippen LogP contribution >= 0.6 is 24.0 Å². The summed E-state index contributed by atoms with van der Waals surface area (Å²) in [6, 6.07) is 8.07. The summed E-state index contributed by atoms with van der Waals surface area (Å²) in [7, 11) is 5.49. The maximum atomic E-state index is 5.19. The van der Waals surface area contributed by atoms with Gasteiger partial charge >= 0.3 is 0 Å². The van der Waals surface area contributed by atoms with E-state index in [1.165, 1.54) is 5.56 Å². The number of aliphatic imine (C=N–C) groups is 1. The van der Waals surface area contributed by atoms with Gasteiger partial charge in [0.25, 0.3) is 0 Å². The largest absolute Gasteiger partial charge is 0.497 e. The number of aryl methyl sites for hydroxylation is 1. The Labute approximate surface area is 166 Å². The van der Waals surface area contributed by atoms with Crippen LogP contribution in [0.1, 0.15) is 18.3 Å². The summed E-state index contributed by atoms with van der Waals surface area (Å²) >= 11 is 0. The smallest absolute Gasteiger partial charge is 0.193 e. The Morgan fingerprint density at radius 3 is 2.64 bits per heavy atom. The van der Waals surface area contributed by atoms with Gasteiger partial charge in [-0.1, -0.05) is 19.1 Å². The van der Waals surface area contributed by atoms with Gasteiger partial charge in [0.05, 0.1) is 7.11 Å². The van der Waals surface area contributed by atoms with Gasteiger partial charge in [0.15, 0.2) is 5.96 Å². The van der Waals surface area contributed by atoms with Crippen LogP contribution in [0.15, 0.2) is 35.6 Å². The van der Waals surface area contributed by atoms with Crippen LogP contribution < -0.4 is 10.1 Å². The van der Waals surface area contributed by atoms with E-state index in [1.54, 1.807) is 20.5 Å². The first-order chi connectivity index (χ1) is 11.7. The number of rotatable bonds is 7. The Balaban J connectivity index is 0.00000312. The molecule has 0 amide bonds. The Bertz CT molecular complexity index is 655. The van der Waals surface area contributed by atoms with E-state index in [0.717, 1.165) is 43.6 Å². The summed E-state index contributed by atoms with van der Waals surface area (Å²) in [5.74, 6) is 2.72. The van der Waals surface area contributed by atoms with Crippen molar-refractivity contribution >= 4 is 29.9 Å². The molecule has 0 spiro atoms. The Morgan fingerprint density at radius 1 is 1.32 bits per heavy atom. The fourth-order valence-corrected chi connectivity index (χ4v) is 2.49. The van der Waals surface area contributed by atoms with Gasteiger partial charge < -0.3 is 19.5 Å². The highest BCUT2D eigenvalue weighted by Gasteiger charge is 2.07. The molecule has 0 saturated heterocycles. The predicted octanol–water partition coefficient (Wildman–Crippen LogP) is 2.17. The van der Waals surface area contributed by atoms with Crippen molar-refractivity contribution in [2.75, 3.05) is 27.7 Å². The van der Waals surface area contributed by atoms with Crippen molar-refractivity contribution in [2.24, 2.45) is 4.99 Å². The van der Waals surface area contributed by atoms with E-state index in [-0.39, 0.29) is 24.0 Å². The highest BCUT2D eigenvalue weighted by atomic mass is 127. The molecule has 2 rings (SSSR count). The van der Waals surface area contributed by atoms with Gasteiger partial charge in [-0.15, -0.1) is 34.2 Å². The van der Waals surface area contributed by atoms with Gasteiger partial charge in [-0.25, -0.2) is 0 Å². The summed E-state index contributed by atoms with van der Waals surface area (Å²) in [6.45, 7) is 4.43. The van der Waals surface area contributed by atoms with Crippen molar-refractivity contribution in [3.8, 4) is 5.75 Å². The van der Waals surface area contributed by atoms with Crippen LogP contribution in [0.2, 0.25) is 0 Å². The lowest BCUT2D eigenvalue weighted by Crippen LogP contribution is -2.39. The third-order valence-corrected chi connectivity index (χ3v) is 3.80. The molecule has 0 radical (unpaired) electrons. The van der Waals surface area contributed by atoms with E-state index in [4.69, 9.17) is 4.74 Å². The maximum absolute atomic E-state index is 5.19. The first-order valence-electron chi connectivity index (χ1n) is 8.09. The van der Waals surface area contributed by atoms with Crippen LogP contribution in [0.25, 0.3) is 0 Å². The molecule has 0 aliphatic rings. The SMILES string of the molecule is CCc1nncn1CCNC(=NC)N(C)Cc1ccc(OC)cc1.I. The molecular formula is C17H27IN6O. The van der Waals surface area contributed by atoms with E-state index in [1.807, 2.05) is 19.2 Å². The van der Waals surface area contributed by atoms with E-state index in [0.29, 0.717) is 0 Å². The third-order valence-electron chi connectivity index (χ3n) is 3.80. The fraction of sp³-hybridized carbons (Fsp3) is 0.471. The second kappa shape index (κ2) is 10.9.